The quantitative estimate of drug-likeness (QED) is 0.332. The Morgan fingerprint density at radius 1 is 0.571 bits per heavy atom. The average molecular weight is 369 g/mol. The zero-order valence-electron chi connectivity index (χ0n) is 18.1. The van der Waals surface area contributed by atoms with Crippen LogP contribution in [0.15, 0.2) is 72.8 Å². The van der Waals surface area contributed by atoms with Gasteiger partial charge in [-0.15, -0.1) is 0 Å². The van der Waals surface area contributed by atoms with Gasteiger partial charge in [0.2, 0.25) is 0 Å². The highest BCUT2D eigenvalue weighted by Gasteiger charge is 2.06. The fourth-order valence-electron chi connectivity index (χ4n) is 3.96. The second-order valence-corrected chi connectivity index (χ2v) is 8.40. The highest BCUT2D eigenvalue weighted by molar-refractivity contribution is 5.89. The molecule has 0 aromatic heterocycles. The molecule has 0 fully saturated rings. The number of rotatable bonds is 2. The maximum absolute atomic E-state index is 2.28. The highest BCUT2D eigenvalue weighted by Crippen LogP contribution is 2.28. The first-order valence-corrected chi connectivity index (χ1v) is 10.4. The number of aryl methyl sites for hydroxylation is 2. The summed E-state index contributed by atoms with van der Waals surface area (Å²) in [5.74, 6) is 1.19. The van der Waals surface area contributed by atoms with Crippen molar-refractivity contribution in [2.75, 3.05) is 0 Å². The second-order valence-electron chi connectivity index (χ2n) is 8.40. The van der Waals surface area contributed by atoms with Crippen LogP contribution < -0.4 is 0 Å². The van der Waals surface area contributed by atoms with Gasteiger partial charge in [0.15, 0.2) is 0 Å². The lowest BCUT2D eigenvalue weighted by molar-refractivity contribution is 0.875. The molecular formula is C28H32. The molecule has 0 aliphatic heterocycles. The van der Waals surface area contributed by atoms with E-state index >= 15 is 0 Å². The van der Waals surface area contributed by atoms with Crippen molar-refractivity contribution < 1.29 is 0 Å². The number of hydrogen-bond donors (Lipinski definition) is 0. The summed E-state index contributed by atoms with van der Waals surface area (Å²) in [6, 6.07) is 26.3. The molecule has 0 N–H and O–H groups in total. The Kier molecular flexibility index (Phi) is 6.19. The first kappa shape index (κ1) is 20.1. The van der Waals surface area contributed by atoms with Crippen LogP contribution >= 0.6 is 0 Å². The molecule has 0 heteroatoms. The maximum atomic E-state index is 2.28. The van der Waals surface area contributed by atoms with Crippen molar-refractivity contribution in [1.82, 2.24) is 0 Å². The van der Waals surface area contributed by atoms with Gasteiger partial charge < -0.3 is 0 Å². The molecule has 4 aromatic carbocycles. The molecule has 0 aliphatic carbocycles. The fraction of sp³-hybridized carbons (Fsp3) is 0.286. The van der Waals surface area contributed by atoms with Gasteiger partial charge in [-0.2, -0.15) is 0 Å². The van der Waals surface area contributed by atoms with E-state index < -0.39 is 0 Å². The summed E-state index contributed by atoms with van der Waals surface area (Å²) in [4.78, 5) is 0. The molecule has 0 heterocycles. The van der Waals surface area contributed by atoms with Crippen LogP contribution in [0.3, 0.4) is 0 Å². The molecule has 0 nitrogen and oxygen atoms in total. The molecule has 0 radical (unpaired) electrons. The van der Waals surface area contributed by atoms with E-state index in [-0.39, 0.29) is 0 Å². The van der Waals surface area contributed by atoms with Gasteiger partial charge in [-0.25, -0.2) is 0 Å². The number of benzene rings is 4. The molecule has 28 heavy (non-hydrogen) atoms. The van der Waals surface area contributed by atoms with Gasteiger partial charge >= 0.3 is 0 Å². The van der Waals surface area contributed by atoms with E-state index in [1.165, 1.54) is 43.8 Å². The van der Waals surface area contributed by atoms with Crippen LogP contribution in [-0.4, -0.2) is 0 Å². The SMILES string of the molecule is Cc1ccc2cccc(C(C)C)c2c1.Cc1cccc2cccc(C(C)C)c12. The average Bonchev–Trinajstić information content (AvgIpc) is 2.67. The molecule has 0 atom stereocenters. The molecule has 0 spiro atoms. The summed E-state index contributed by atoms with van der Waals surface area (Å²) in [7, 11) is 0. The Bertz CT molecular complexity index is 1080. The van der Waals surface area contributed by atoms with Gasteiger partial charge in [0.25, 0.3) is 0 Å². The molecule has 144 valence electrons. The van der Waals surface area contributed by atoms with Gasteiger partial charge in [-0.05, 0) is 63.9 Å². The topological polar surface area (TPSA) is 0 Å². The number of hydrogen-bond acceptors (Lipinski definition) is 0. The Morgan fingerprint density at radius 3 is 1.79 bits per heavy atom. The summed E-state index contributed by atoms with van der Waals surface area (Å²) >= 11 is 0. The fourth-order valence-corrected chi connectivity index (χ4v) is 3.96. The van der Waals surface area contributed by atoms with E-state index in [4.69, 9.17) is 0 Å². The maximum Gasteiger partial charge on any atom is -0.0120 e. The van der Waals surface area contributed by atoms with Crippen molar-refractivity contribution in [3.05, 3.63) is 95.1 Å². The van der Waals surface area contributed by atoms with Crippen LogP contribution in [0.1, 0.15) is 61.8 Å². The summed E-state index contributed by atoms with van der Waals surface area (Å²) in [5.41, 5.74) is 5.63. The lowest BCUT2D eigenvalue weighted by atomic mass is 9.93. The zero-order valence-corrected chi connectivity index (χ0v) is 18.1. The minimum absolute atomic E-state index is 0.597. The van der Waals surface area contributed by atoms with Gasteiger partial charge in [0.05, 0.1) is 0 Å². The molecule has 0 saturated carbocycles. The van der Waals surface area contributed by atoms with Crippen LogP contribution in [0, 0.1) is 13.8 Å². The third-order valence-corrected chi connectivity index (χ3v) is 5.46. The van der Waals surface area contributed by atoms with Gasteiger partial charge in [-0.3, -0.25) is 0 Å². The summed E-state index contributed by atoms with van der Waals surface area (Å²) in [5, 5.41) is 5.55. The van der Waals surface area contributed by atoms with Crippen LogP contribution in [-0.2, 0) is 0 Å². The summed E-state index contributed by atoms with van der Waals surface area (Å²) in [6.45, 7) is 13.3. The third kappa shape index (κ3) is 4.28. The minimum atomic E-state index is 0.597. The molecule has 4 rings (SSSR count). The Labute approximate surface area is 170 Å². The first-order chi connectivity index (χ1) is 13.4. The zero-order chi connectivity index (χ0) is 20.3. The normalized spacial score (nSPS) is 11.1. The first-order valence-electron chi connectivity index (χ1n) is 10.4. The Balaban J connectivity index is 0.000000161. The van der Waals surface area contributed by atoms with Gasteiger partial charge in [-0.1, -0.05) is 106 Å². The molecule has 0 bridgehead atoms. The Hall–Kier alpha value is -2.60. The van der Waals surface area contributed by atoms with Crippen LogP contribution in [0.5, 0.6) is 0 Å². The highest BCUT2D eigenvalue weighted by atomic mass is 14.1. The summed E-state index contributed by atoms with van der Waals surface area (Å²) in [6.07, 6.45) is 0. The predicted molar refractivity (Wildman–Crippen MR) is 126 cm³/mol. The molecule has 4 aromatic rings. The lowest BCUT2D eigenvalue weighted by Gasteiger charge is -2.11. The van der Waals surface area contributed by atoms with Crippen LogP contribution in [0.2, 0.25) is 0 Å². The lowest BCUT2D eigenvalue weighted by Crippen LogP contribution is -1.90. The monoisotopic (exact) mass is 368 g/mol. The molecule has 0 amide bonds. The van der Waals surface area contributed by atoms with Gasteiger partial charge in [0.1, 0.15) is 0 Å². The van der Waals surface area contributed by atoms with Crippen molar-refractivity contribution in [2.24, 2.45) is 0 Å². The van der Waals surface area contributed by atoms with E-state index in [2.05, 4.69) is 114 Å². The van der Waals surface area contributed by atoms with Crippen LogP contribution in [0.4, 0.5) is 0 Å². The van der Waals surface area contributed by atoms with E-state index in [9.17, 15) is 0 Å². The Morgan fingerprint density at radius 2 is 1.14 bits per heavy atom. The van der Waals surface area contributed by atoms with Crippen molar-refractivity contribution in [2.45, 2.75) is 53.4 Å². The van der Waals surface area contributed by atoms with Crippen LogP contribution in [0.25, 0.3) is 21.5 Å². The third-order valence-electron chi connectivity index (χ3n) is 5.46. The van der Waals surface area contributed by atoms with E-state index in [0.717, 1.165) is 0 Å². The second kappa shape index (κ2) is 8.61. The van der Waals surface area contributed by atoms with Crippen molar-refractivity contribution in [3.63, 3.8) is 0 Å². The molecular weight excluding hydrogens is 336 g/mol. The van der Waals surface area contributed by atoms with Crippen molar-refractivity contribution >= 4 is 21.5 Å². The molecule has 0 saturated heterocycles. The standard InChI is InChI=1S/2C14H16/c1-10(2)13-9-5-8-12-7-4-6-11(3)14(12)13;1-10(2)13-6-4-5-12-8-7-11(3)9-14(12)13/h2*4-10H,1-3H3. The van der Waals surface area contributed by atoms with Crippen molar-refractivity contribution in [3.8, 4) is 0 Å². The van der Waals surface area contributed by atoms with Crippen molar-refractivity contribution in [1.29, 1.82) is 0 Å². The van der Waals surface area contributed by atoms with Gasteiger partial charge in [0, 0.05) is 0 Å². The minimum Gasteiger partial charge on any atom is -0.0614 e. The molecule has 0 unspecified atom stereocenters. The van der Waals surface area contributed by atoms with E-state index in [1.54, 1.807) is 0 Å². The van der Waals surface area contributed by atoms with E-state index in [1.807, 2.05) is 0 Å². The number of fused-ring (bicyclic) bond motifs is 2. The largest absolute Gasteiger partial charge is 0.0614 e. The summed E-state index contributed by atoms with van der Waals surface area (Å²) < 4.78 is 0. The predicted octanol–water partition coefficient (Wildman–Crippen LogP) is 8.54. The van der Waals surface area contributed by atoms with E-state index in [0.29, 0.717) is 11.8 Å². The smallest absolute Gasteiger partial charge is 0.0120 e. The molecule has 0 aliphatic rings.